The van der Waals surface area contributed by atoms with Gasteiger partial charge in [0, 0.05) is 10.5 Å². The van der Waals surface area contributed by atoms with E-state index in [1.54, 1.807) is 0 Å². The van der Waals surface area contributed by atoms with E-state index < -0.39 is 9.11 Å². The minimum Gasteiger partial charge on any atom is -0.466 e. The second kappa shape index (κ2) is 10.5. The van der Waals surface area contributed by atoms with Crippen molar-refractivity contribution in [3.05, 3.63) is 59.7 Å². The Labute approximate surface area is 201 Å². The molecule has 5 nitrogen and oxygen atoms in total. The Morgan fingerprint density at radius 2 is 1.76 bits per heavy atom. The number of carbonyl (C=O) groups excluding carboxylic acids is 1. The van der Waals surface area contributed by atoms with Crippen LogP contribution in [0.15, 0.2) is 57.8 Å². The van der Waals surface area contributed by atoms with Gasteiger partial charge in [0.2, 0.25) is 4.34 Å². The number of hydrogen-bond donors (Lipinski definition) is 0. The zero-order valence-corrected chi connectivity index (χ0v) is 21.7. The molecule has 1 unspecified atom stereocenters. The lowest BCUT2D eigenvalue weighted by molar-refractivity contribution is -0.149. The summed E-state index contributed by atoms with van der Waals surface area (Å²) in [5.41, 5.74) is 3.35. The Balaban J connectivity index is 1.48. The zero-order valence-electron chi connectivity index (χ0n) is 19.2. The zero-order chi connectivity index (χ0) is 23.4. The number of carbonyl (C=O) groups is 1. The maximum Gasteiger partial charge on any atom is 0.308 e. The third-order valence-electron chi connectivity index (χ3n) is 6.23. The first kappa shape index (κ1) is 24.1. The summed E-state index contributed by atoms with van der Waals surface area (Å²) in [6.07, 6.45) is 3.75. The number of esters is 1. The molecular weight excluding hydrogens is 471 g/mol. The normalized spacial score (nSPS) is 20.3. The van der Waals surface area contributed by atoms with Crippen molar-refractivity contribution >= 4 is 34.0 Å². The highest BCUT2D eigenvalue weighted by atomic mass is 32.5. The molecule has 2 aromatic carbocycles. The molecule has 1 aliphatic rings. The van der Waals surface area contributed by atoms with Crippen LogP contribution in [-0.4, -0.2) is 32.8 Å². The fraction of sp³-hybridized carbons (Fsp3) is 0.400. The smallest absolute Gasteiger partial charge is 0.308 e. The Kier molecular flexibility index (Phi) is 7.62. The van der Waals surface area contributed by atoms with Crippen molar-refractivity contribution < 1.29 is 13.7 Å². The van der Waals surface area contributed by atoms with Gasteiger partial charge in [-0.1, -0.05) is 42.0 Å². The predicted molar refractivity (Wildman–Crippen MR) is 135 cm³/mol. The van der Waals surface area contributed by atoms with E-state index in [-0.39, 0.29) is 11.9 Å². The molecule has 0 spiro atoms. The average molecular weight is 501 g/mol. The number of nitrogens with zero attached hydrogens (tertiary/aromatic N) is 2. The van der Waals surface area contributed by atoms with E-state index in [2.05, 4.69) is 33.6 Å². The van der Waals surface area contributed by atoms with E-state index in [1.165, 1.54) is 17.1 Å². The van der Waals surface area contributed by atoms with E-state index in [0.717, 1.165) is 49.1 Å². The third-order valence-corrected chi connectivity index (χ3v) is 12.7. The number of rotatable bonds is 6. The Bertz CT molecular complexity index is 1220. The molecule has 3 aromatic rings. The van der Waals surface area contributed by atoms with Crippen LogP contribution in [0.4, 0.5) is 0 Å². The lowest BCUT2D eigenvalue weighted by Crippen LogP contribution is -2.23. The van der Waals surface area contributed by atoms with Crippen molar-refractivity contribution in [2.45, 2.75) is 54.7 Å². The molecule has 0 radical (unpaired) electrons. The van der Waals surface area contributed by atoms with E-state index in [4.69, 9.17) is 4.74 Å². The summed E-state index contributed by atoms with van der Waals surface area (Å²) in [7, 11) is -1.68. The Morgan fingerprint density at radius 3 is 2.36 bits per heavy atom. The van der Waals surface area contributed by atoms with Crippen LogP contribution in [0.3, 0.4) is 0 Å². The summed E-state index contributed by atoms with van der Waals surface area (Å²) in [5.74, 6) is 1.07. The summed E-state index contributed by atoms with van der Waals surface area (Å²) in [6.45, 7) is 6.24. The summed E-state index contributed by atoms with van der Waals surface area (Å²) in [4.78, 5) is 17.5. The fourth-order valence-corrected chi connectivity index (χ4v) is 9.36. The molecule has 1 fully saturated rings. The second-order valence-corrected chi connectivity index (χ2v) is 14.3. The van der Waals surface area contributed by atoms with E-state index in [1.807, 2.05) is 44.8 Å². The van der Waals surface area contributed by atoms with Crippen molar-refractivity contribution in [1.29, 1.82) is 0 Å². The molecule has 1 aliphatic carbocycles. The van der Waals surface area contributed by atoms with Crippen LogP contribution < -0.4 is 0 Å². The van der Waals surface area contributed by atoms with Crippen LogP contribution >= 0.6 is 18.9 Å². The monoisotopic (exact) mass is 500 g/mol. The fourth-order valence-electron chi connectivity index (χ4n) is 4.27. The molecule has 0 N–H and O–H groups in total. The maximum atomic E-state index is 13.8. The van der Waals surface area contributed by atoms with Crippen molar-refractivity contribution in [3.8, 4) is 11.4 Å². The van der Waals surface area contributed by atoms with Crippen LogP contribution in [0.5, 0.6) is 0 Å². The summed E-state index contributed by atoms with van der Waals surface area (Å²) < 4.78 is 24.0. The van der Waals surface area contributed by atoms with Crippen molar-refractivity contribution in [2.24, 2.45) is 5.92 Å². The van der Waals surface area contributed by atoms with Crippen LogP contribution in [0.1, 0.15) is 49.7 Å². The topological polar surface area (TPSA) is 69.2 Å². The van der Waals surface area contributed by atoms with Gasteiger partial charge in [-0.15, -0.1) is 0 Å². The standard InChI is InChI=1S/C25H29N2O3PS2/c1-4-30-24(28)21-13-9-19(10-14-21)18-7-11-20(12-8-18)23-26-25(32-27-23)33(29,31-3)22-15-5-17(2)6-16-22/h5-8,11-12,15-16,19,21H,4,9-10,13-14H2,1-3H3. The van der Waals surface area contributed by atoms with Crippen LogP contribution in [-0.2, 0) is 18.6 Å². The molecule has 174 valence electrons. The molecule has 1 atom stereocenters. The first-order valence-electron chi connectivity index (χ1n) is 11.3. The van der Waals surface area contributed by atoms with Gasteiger partial charge in [0.05, 0.1) is 21.6 Å². The minimum absolute atomic E-state index is 0.0411. The maximum absolute atomic E-state index is 13.8. The highest BCUT2D eigenvalue weighted by molar-refractivity contribution is 8.26. The largest absolute Gasteiger partial charge is 0.466 e. The second-order valence-electron chi connectivity index (χ2n) is 8.33. The van der Waals surface area contributed by atoms with Gasteiger partial charge in [-0.25, -0.2) is 4.98 Å². The van der Waals surface area contributed by atoms with Gasteiger partial charge < -0.3 is 4.74 Å². The average Bonchev–Trinajstić information content (AvgIpc) is 3.35. The van der Waals surface area contributed by atoms with Gasteiger partial charge in [0.1, 0.15) is 0 Å². The molecule has 1 heterocycles. The SMILES string of the molecule is CCOC(=O)C1CCC(c2ccc(-c3nsc(S(=O)(=PC)c4ccc(C)cc4)n3)cc2)CC1. The van der Waals surface area contributed by atoms with Gasteiger partial charge >= 0.3 is 5.97 Å². The summed E-state index contributed by atoms with van der Waals surface area (Å²) in [6, 6.07) is 16.2. The molecule has 33 heavy (non-hydrogen) atoms. The third kappa shape index (κ3) is 5.21. The van der Waals surface area contributed by atoms with E-state index in [0.29, 0.717) is 22.7 Å². The molecule has 1 saturated carbocycles. The highest BCUT2D eigenvalue weighted by Crippen LogP contribution is 2.37. The van der Waals surface area contributed by atoms with Crippen LogP contribution in [0, 0.1) is 12.8 Å². The first-order valence-corrected chi connectivity index (χ1v) is 15.5. The molecule has 4 rings (SSSR count). The van der Waals surface area contributed by atoms with Gasteiger partial charge in [-0.2, -0.15) is 4.37 Å². The Hall–Kier alpha value is -2.08. The van der Waals surface area contributed by atoms with Gasteiger partial charge in [-0.05, 0) is 88.7 Å². The number of aromatic nitrogens is 2. The molecule has 1 aromatic heterocycles. The number of benzene rings is 2. The Morgan fingerprint density at radius 1 is 1.09 bits per heavy atom. The molecule has 0 amide bonds. The quantitative estimate of drug-likeness (QED) is 0.284. The first-order chi connectivity index (χ1) is 15.9. The lowest BCUT2D eigenvalue weighted by Gasteiger charge is -2.27. The summed E-state index contributed by atoms with van der Waals surface area (Å²) >= 11 is 1.23. The van der Waals surface area contributed by atoms with Crippen LogP contribution in [0.2, 0.25) is 0 Å². The number of hydrogen-bond acceptors (Lipinski definition) is 6. The van der Waals surface area contributed by atoms with Crippen LogP contribution in [0.25, 0.3) is 11.4 Å². The number of ether oxygens (including phenoxy) is 1. The molecule has 0 aliphatic heterocycles. The van der Waals surface area contributed by atoms with Crippen molar-refractivity contribution in [3.63, 3.8) is 0 Å². The molecule has 0 bridgehead atoms. The predicted octanol–water partition coefficient (Wildman–Crippen LogP) is 6.54. The van der Waals surface area contributed by atoms with Gasteiger partial charge in [0.15, 0.2) is 5.82 Å². The van der Waals surface area contributed by atoms with Gasteiger partial charge in [-0.3, -0.25) is 9.00 Å². The van der Waals surface area contributed by atoms with Gasteiger partial charge in [0.25, 0.3) is 0 Å². The molecular formula is C25H29N2O3PS2. The number of aryl methyl sites for hydroxylation is 1. The van der Waals surface area contributed by atoms with E-state index in [9.17, 15) is 9.00 Å². The summed E-state index contributed by atoms with van der Waals surface area (Å²) in [5, 5.41) is 0. The molecule has 0 saturated heterocycles. The van der Waals surface area contributed by atoms with E-state index >= 15 is 0 Å². The van der Waals surface area contributed by atoms with Crippen molar-refractivity contribution in [1.82, 2.24) is 9.36 Å². The minimum atomic E-state index is -2.45. The van der Waals surface area contributed by atoms with Crippen molar-refractivity contribution in [2.75, 3.05) is 13.3 Å². The lowest BCUT2D eigenvalue weighted by atomic mass is 9.78. The molecule has 8 heteroatoms. The highest BCUT2D eigenvalue weighted by Gasteiger charge is 2.28.